The first-order valence-corrected chi connectivity index (χ1v) is 9.02. The zero-order valence-electron chi connectivity index (χ0n) is 15.0. The van der Waals surface area contributed by atoms with Gasteiger partial charge in [-0.25, -0.2) is 0 Å². The zero-order chi connectivity index (χ0) is 18.4. The number of piperidine rings is 1. The Morgan fingerprint density at radius 2 is 1.73 bits per heavy atom. The van der Waals surface area contributed by atoms with Gasteiger partial charge in [0.1, 0.15) is 17.6 Å². The van der Waals surface area contributed by atoms with Crippen molar-refractivity contribution in [2.75, 3.05) is 25.0 Å². The first-order valence-electron chi connectivity index (χ1n) is 9.02. The maximum atomic E-state index is 13.2. The van der Waals surface area contributed by atoms with E-state index in [1.807, 2.05) is 61.5 Å². The molecule has 2 aromatic carbocycles. The van der Waals surface area contributed by atoms with E-state index in [0.717, 1.165) is 5.56 Å². The Bertz CT molecular complexity index is 751. The van der Waals surface area contributed by atoms with E-state index in [-0.39, 0.29) is 11.7 Å². The van der Waals surface area contributed by atoms with E-state index < -0.39 is 6.04 Å². The summed E-state index contributed by atoms with van der Waals surface area (Å²) >= 11 is 0. The van der Waals surface area contributed by atoms with Gasteiger partial charge in [-0.05, 0) is 24.6 Å². The van der Waals surface area contributed by atoms with E-state index >= 15 is 0 Å². The van der Waals surface area contributed by atoms with Crippen LogP contribution in [-0.2, 0) is 9.59 Å². The number of Topliss-reactive ketones (excluding diaryl/α,β-unsaturated/α-hetero) is 1. The number of anilines is 1. The van der Waals surface area contributed by atoms with Crippen LogP contribution in [0.25, 0.3) is 0 Å². The molecule has 2 aromatic rings. The van der Waals surface area contributed by atoms with Gasteiger partial charge < -0.3 is 10.1 Å². The third kappa shape index (κ3) is 4.29. The van der Waals surface area contributed by atoms with Crippen molar-refractivity contribution in [2.45, 2.75) is 25.8 Å². The molecule has 0 aromatic heterocycles. The van der Waals surface area contributed by atoms with Gasteiger partial charge >= 0.3 is 0 Å². The Morgan fingerprint density at radius 3 is 2.42 bits per heavy atom. The summed E-state index contributed by atoms with van der Waals surface area (Å²) in [6, 6.07) is 16.7. The minimum Gasteiger partial charge on any atom is -0.492 e. The Balaban J connectivity index is 1.85. The maximum absolute atomic E-state index is 13.2. The summed E-state index contributed by atoms with van der Waals surface area (Å²) in [5, 5.41) is 3.01. The second-order valence-electron chi connectivity index (χ2n) is 6.31. The molecule has 26 heavy (non-hydrogen) atoms. The molecule has 1 N–H and O–H groups in total. The van der Waals surface area contributed by atoms with Gasteiger partial charge in [0.15, 0.2) is 0 Å². The Morgan fingerprint density at radius 1 is 1.08 bits per heavy atom. The molecule has 1 amide bonds. The third-order valence-corrected chi connectivity index (χ3v) is 4.53. The van der Waals surface area contributed by atoms with Crippen molar-refractivity contribution in [1.82, 2.24) is 4.90 Å². The number of ether oxygens (including phenoxy) is 1. The van der Waals surface area contributed by atoms with Crippen molar-refractivity contribution in [1.29, 1.82) is 0 Å². The molecule has 5 heteroatoms. The number of likely N-dealkylation sites (tertiary alicyclic amines) is 1. The number of ketones is 1. The molecule has 1 heterocycles. The van der Waals surface area contributed by atoms with Gasteiger partial charge in [-0.3, -0.25) is 14.5 Å². The standard InChI is InChI=1S/C21H24N2O3/c1-2-26-19-11-7-6-10-18(19)22-21(25)20(16-8-4-3-5-9-16)23-14-12-17(24)13-15-23/h3-11,20H,2,12-15H2,1H3,(H,22,25). The van der Waals surface area contributed by atoms with E-state index in [1.165, 1.54) is 0 Å². The van der Waals surface area contributed by atoms with Crippen LogP contribution in [0.5, 0.6) is 5.75 Å². The van der Waals surface area contributed by atoms with Gasteiger partial charge in [-0.1, -0.05) is 42.5 Å². The highest BCUT2D eigenvalue weighted by molar-refractivity contribution is 5.97. The van der Waals surface area contributed by atoms with E-state index in [2.05, 4.69) is 10.2 Å². The molecule has 0 saturated carbocycles. The lowest BCUT2D eigenvalue weighted by molar-refractivity contribution is -0.127. The highest BCUT2D eigenvalue weighted by Gasteiger charge is 2.30. The molecule has 1 atom stereocenters. The molecule has 5 nitrogen and oxygen atoms in total. The average molecular weight is 352 g/mol. The van der Waals surface area contributed by atoms with Crippen LogP contribution in [0.15, 0.2) is 54.6 Å². The highest BCUT2D eigenvalue weighted by Crippen LogP contribution is 2.29. The molecule has 1 aliphatic rings. The number of carbonyl (C=O) groups excluding carboxylic acids is 2. The number of hydrogen-bond donors (Lipinski definition) is 1. The largest absolute Gasteiger partial charge is 0.492 e. The summed E-state index contributed by atoms with van der Waals surface area (Å²) in [5.74, 6) is 0.803. The van der Waals surface area contributed by atoms with Gasteiger partial charge in [0.05, 0.1) is 12.3 Å². The van der Waals surface area contributed by atoms with Gasteiger partial charge in [0.2, 0.25) is 5.91 Å². The van der Waals surface area contributed by atoms with Crippen LogP contribution in [0.4, 0.5) is 5.69 Å². The minimum absolute atomic E-state index is 0.113. The monoisotopic (exact) mass is 352 g/mol. The first-order chi connectivity index (χ1) is 12.7. The van der Waals surface area contributed by atoms with E-state index in [0.29, 0.717) is 44.0 Å². The van der Waals surface area contributed by atoms with E-state index in [4.69, 9.17) is 4.74 Å². The van der Waals surface area contributed by atoms with Crippen molar-refractivity contribution in [3.8, 4) is 5.75 Å². The summed E-state index contributed by atoms with van der Waals surface area (Å²) in [6.45, 7) is 3.64. The van der Waals surface area contributed by atoms with Crippen LogP contribution in [0.2, 0.25) is 0 Å². The van der Waals surface area contributed by atoms with Crippen molar-refractivity contribution in [3.63, 3.8) is 0 Å². The lowest BCUT2D eigenvalue weighted by Gasteiger charge is -2.33. The van der Waals surface area contributed by atoms with Crippen LogP contribution >= 0.6 is 0 Å². The second kappa shape index (κ2) is 8.63. The molecular weight excluding hydrogens is 328 g/mol. The number of nitrogens with zero attached hydrogens (tertiary/aromatic N) is 1. The summed E-state index contributed by atoms with van der Waals surface area (Å²) in [6.07, 6.45) is 0.984. The molecule has 136 valence electrons. The van der Waals surface area contributed by atoms with Crippen molar-refractivity contribution in [3.05, 3.63) is 60.2 Å². The fourth-order valence-corrected chi connectivity index (χ4v) is 3.25. The van der Waals surface area contributed by atoms with Crippen molar-refractivity contribution in [2.24, 2.45) is 0 Å². The number of hydrogen-bond acceptors (Lipinski definition) is 4. The third-order valence-electron chi connectivity index (χ3n) is 4.53. The molecular formula is C21H24N2O3. The second-order valence-corrected chi connectivity index (χ2v) is 6.31. The smallest absolute Gasteiger partial charge is 0.246 e. The summed E-state index contributed by atoms with van der Waals surface area (Å²) < 4.78 is 5.61. The predicted molar refractivity (Wildman–Crippen MR) is 101 cm³/mol. The van der Waals surface area contributed by atoms with Gasteiger partial charge in [0.25, 0.3) is 0 Å². The number of benzene rings is 2. The topological polar surface area (TPSA) is 58.6 Å². The van der Waals surface area contributed by atoms with Crippen LogP contribution < -0.4 is 10.1 Å². The number of rotatable bonds is 6. The summed E-state index contributed by atoms with van der Waals surface area (Å²) in [4.78, 5) is 26.8. The predicted octanol–water partition coefficient (Wildman–Crippen LogP) is 3.43. The summed E-state index contributed by atoms with van der Waals surface area (Å²) in [7, 11) is 0. The molecule has 0 radical (unpaired) electrons. The molecule has 1 fully saturated rings. The van der Waals surface area contributed by atoms with Crippen LogP contribution in [0, 0.1) is 0 Å². The number of para-hydroxylation sites is 2. The lowest BCUT2D eigenvalue weighted by atomic mass is 10.0. The van der Waals surface area contributed by atoms with Gasteiger partial charge in [-0.15, -0.1) is 0 Å². The van der Waals surface area contributed by atoms with E-state index in [9.17, 15) is 9.59 Å². The molecule has 1 unspecified atom stereocenters. The van der Waals surface area contributed by atoms with Crippen molar-refractivity contribution < 1.29 is 14.3 Å². The Labute approximate surface area is 154 Å². The van der Waals surface area contributed by atoms with Crippen LogP contribution in [-0.4, -0.2) is 36.3 Å². The first kappa shape index (κ1) is 18.1. The molecule has 1 aliphatic heterocycles. The molecule has 0 aliphatic carbocycles. The van der Waals surface area contributed by atoms with Gasteiger partial charge in [0, 0.05) is 25.9 Å². The maximum Gasteiger partial charge on any atom is 0.246 e. The highest BCUT2D eigenvalue weighted by atomic mass is 16.5. The molecule has 0 bridgehead atoms. The summed E-state index contributed by atoms with van der Waals surface area (Å²) in [5.41, 5.74) is 1.58. The SMILES string of the molecule is CCOc1ccccc1NC(=O)C(c1ccccc1)N1CCC(=O)CC1. The molecule has 0 spiro atoms. The van der Waals surface area contributed by atoms with E-state index in [1.54, 1.807) is 0 Å². The number of nitrogens with one attached hydrogen (secondary N) is 1. The minimum atomic E-state index is -0.431. The normalized spacial score (nSPS) is 16.1. The average Bonchev–Trinajstić information content (AvgIpc) is 2.66. The molecule has 1 saturated heterocycles. The quantitative estimate of drug-likeness (QED) is 0.865. The Kier molecular flexibility index (Phi) is 6.02. The van der Waals surface area contributed by atoms with Crippen LogP contribution in [0.1, 0.15) is 31.4 Å². The number of amides is 1. The molecule has 3 rings (SSSR count). The zero-order valence-corrected chi connectivity index (χ0v) is 15.0. The van der Waals surface area contributed by atoms with Crippen LogP contribution in [0.3, 0.4) is 0 Å². The fraction of sp³-hybridized carbons (Fsp3) is 0.333. The van der Waals surface area contributed by atoms with Crippen molar-refractivity contribution >= 4 is 17.4 Å². The van der Waals surface area contributed by atoms with Gasteiger partial charge in [-0.2, -0.15) is 0 Å². The number of carbonyl (C=O) groups is 2. The Hall–Kier alpha value is -2.66. The fourth-order valence-electron chi connectivity index (χ4n) is 3.25. The lowest BCUT2D eigenvalue weighted by Crippen LogP contribution is -2.42.